The zero-order valence-corrected chi connectivity index (χ0v) is 13.9. The van der Waals surface area contributed by atoms with Crippen LogP contribution in [0.5, 0.6) is 0 Å². The van der Waals surface area contributed by atoms with E-state index in [0.29, 0.717) is 18.3 Å². The Morgan fingerprint density at radius 3 is 2.73 bits per heavy atom. The van der Waals surface area contributed by atoms with Gasteiger partial charge in [-0.3, -0.25) is 9.69 Å². The van der Waals surface area contributed by atoms with E-state index in [2.05, 4.69) is 35.2 Å². The lowest BCUT2D eigenvalue weighted by Gasteiger charge is -2.30. The fraction of sp³-hybridized carbons (Fsp3) is 0.500. The summed E-state index contributed by atoms with van der Waals surface area (Å²) in [5.74, 6) is 3.00. The normalized spacial score (nSPS) is 17.6. The van der Waals surface area contributed by atoms with Crippen LogP contribution in [-0.2, 0) is 4.79 Å². The third-order valence-electron chi connectivity index (χ3n) is 3.92. The Kier molecular flexibility index (Phi) is 6.82. The molecule has 4 heteroatoms. The SMILES string of the molecule is C#CCN1CCC(C(=O)NC[C@H](C)Sc2ccccc2)CC1. The maximum atomic E-state index is 12.2. The predicted octanol–water partition coefficient (Wildman–Crippen LogP) is 2.63. The van der Waals surface area contributed by atoms with Gasteiger partial charge < -0.3 is 5.32 Å². The number of likely N-dealkylation sites (tertiary alicyclic amines) is 1. The predicted molar refractivity (Wildman–Crippen MR) is 92.8 cm³/mol. The number of amides is 1. The van der Waals surface area contributed by atoms with Gasteiger partial charge in [-0.15, -0.1) is 18.2 Å². The van der Waals surface area contributed by atoms with Crippen molar-refractivity contribution in [2.45, 2.75) is 29.9 Å². The van der Waals surface area contributed by atoms with Crippen LogP contribution < -0.4 is 5.32 Å². The molecular formula is C18H24N2OS. The molecule has 1 heterocycles. The molecule has 0 aliphatic carbocycles. The number of rotatable bonds is 6. The van der Waals surface area contributed by atoms with Crippen molar-refractivity contribution in [3.05, 3.63) is 30.3 Å². The second kappa shape index (κ2) is 8.87. The Bertz CT molecular complexity index is 504. The average molecular weight is 316 g/mol. The van der Waals surface area contributed by atoms with Crippen LogP contribution in [0.1, 0.15) is 19.8 Å². The summed E-state index contributed by atoms with van der Waals surface area (Å²) in [5.41, 5.74) is 0. The number of terminal acetylenes is 1. The van der Waals surface area contributed by atoms with Gasteiger partial charge in [0.05, 0.1) is 6.54 Å². The van der Waals surface area contributed by atoms with Crippen molar-refractivity contribution < 1.29 is 4.79 Å². The van der Waals surface area contributed by atoms with Gasteiger partial charge in [-0.1, -0.05) is 31.0 Å². The monoisotopic (exact) mass is 316 g/mol. The van der Waals surface area contributed by atoms with Crippen molar-refractivity contribution >= 4 is 17.7 Å². The minimum Gasteiger partial charge on any atom is -0.355 e. The van der Waals surface area contributed by atoms with Crippen LogP contribution in [0.25, 0.3) is 0 Å². The molecular weight excluding hydrogens is 292 g/mol. The first-order chi connectivity index (χ1) is 10.7. The molecule has 1 aliphatic heterocycles. The van der Waals surface area contributed by atoms with E-state index >= 15 is 0 Å². The number of piperidine rings is 1. The molecule has 1 aliphatic rings. The first-order valence-corrected chi connectivity index (χ1v) is 8.72. The summed E-state index contributed by atoms with van der Waals surface area (Å²) < 4.78 is 0. The molecule has 118 valence electrons. The number of hydrogen-bond acceptors (Lipinski definition) is 3. The molecule has 1 N–H and O–H groups in total. The Balaban J connectivity index is 1.68. The van der Waals surface area contributed by atoms with E-state index in [1.165, 1.54) is 4.90 Å². The number of hydrogen-bond donors (Lipinski definition) is 1. The van der Waals surface area contributed by atoms with Crippen molar-refractivity contribution in [1.29, 1.82) is 0 Å². The number of benzene rings is 1. The molecule has 2 rings (SSSR count). The summed E-state index contributed by atoms with van der Waals surface area (Å²) in [7, 11) is 0. The van der Waals surface area contributed by atoms with Gasteiger partial charge in [0.15, 0.2) is 0 Å². The Labute approximate surface area is 137 Å². The zero-order chi connectivity index (χ0) is 15.8. The summed E-state index contributed by atoms with van der Waals surface area (Å²) in [6.45, 7) is 5.41. The highest BCUT2D eigenvalue weighted by Crippen LogP contribution is 2.22. The van der Waals surface area contributed by atoms with Crippen LogP contribution in [-0.4, -0.2) is 42.2 Å². The smallest absolute Gasteiger partial charge is 0.223 e. The summed E-state index contributed by atoms with van der Waals surface area (Å²) >= 11 is 1.79. The van der Waals surface area contributed by atoms with E-state index in [4.69, 9.17) is 6.42 Å². The third-order valence-corrected chi connectivity index (χ3v) is 5.03. The standard InChI is InChI=1S/C18H24N2OS/c1-3-11-20-12-9-16(10-13-20)18(21)19-14-15(2)22-17-7-5-4-6-8-17/h1,4-8,15-16H,9-14H2,2H3,(H,19,21)/t15-/m0/s1. The molecule has 0 unspecified atom stereocenters. The molecule has 1 aromatic rings. The second-order valence-electron chi connectivity index (χ2n) is 5.74. The Morgan fingerprint density at radius 1 is 1.41 bits per heavy atom. The summed E-state index contributed by atoms with van der Waals surface area (Å²) in [5, 5.41) is 3.47. The second-order valence-corrected chi connectivity index (χ2v) is 7.25. The number of carbonyl (C=O) groups is 1. The molecule has 0 spiro atoms. The van der Waals surface area contributed by atoms with Gasteiger partial charge in [0, 0.05) is 22.6 Å². The third kappa shape index (κ3) is 5.40. The lowest BCUT2D eigenvalue weighted by atomic mass is 9.96. The van der Waals surface area contributed by atoms with Gasteiger partial charge >= 0.3 is 0 Å². The van der Waals surface area contributed by atoms with Gasteiger partial charge in [0.1, 0.15) is 0 Å². The van der Waals surface area contributed by atoms with Gasteiger partial charge in [0.2, 0.25) is 5.91 Å². The van der Waals surface area contributed by atoms with E-state index in [1.54, 1.807) is 11.8 Å². The van der Waals surface area contributed by atoms with E-state index in [-0.39, 0.29) is 11.8 Å². The van der Waals surface area contributed by atoms with Crippen molar-refractivity contribution in [2.75, 3.05) is 26.2 Å². The van der Waals surface area contributed by atoms with Crippen LogP contribution >= 0.6 is 11.8 Å². The fourth-order valence-electron chi connectivity index (χ4n) is 2.64. The largest absolute Gasteiger partial charge is 0.355 e. The van der Waals surface area contributed by atoms with E-state index < -0.39 is 0 Å². The quantitative estimate of drug-likeness (QED) is 0.647. The molecule has 0 aromatic heterocycles. The van der Waals surface area contributed by atoms with Crippen molar-refractivity contribution in [1.82, 2.24) is 10.2 Å². The van der Waals surface area contributed by atoms with Crippen molar-refractivity contribution in [2.24, 2.45) is 5.92 Å². The summed E-state index contributed by atoms with van der Waals surface area (Å²) in [6, 6.07) is 10.3. The number of thioether (sulfide) groups is 1. The molecule has 3 nitrogen and oxygen atoms in total. The summed E-state index contributed by atoms with van der Waals surface area (Å²) in [4.78, 5) is 15.7. The maximum Gasteiger partial charge on any atom is 0.223 e. The van der Waals surface area contributed by atoms with Crippen molar-refractivity contribution in [3.8, 4) is 12.3 Å². The number of nitrogens with one attached hydrogen (secondary N) is 1. The van der Waals surface area contributed by atoms with Crippen LogP contribution in [0, 0.1) is 18.3 Å². The first-order valence-electron chi connectivity index (χ1n) is 7.84. The van der Waals surface area contributed by atoms with Crippen LogP contribution in [0.15, 0.2) is 35.2 Å². The van der Waals surface area contributed by atoms with Crippen LogP contribution in [0.2, 0.25) is 0 Å². The molecule has 1 aromatic carbocycles. The first kappa shape index (κ1) is 16.9. The molecule has 1 saturated heterocycles. The van der Waals surface area contributed by atoms with Gasteiger partial charge in [-0.25, -0.2) is 0 Å². The van der Waals surface area contributed by atoms with Gasteiger partial charge in [-0.05, 0) is 38.1 Å². The Hall–Kier alpha value is -1.44. The highest BCUT2D eigenvalue weighted by molar-refractivity contribution is 8.00. The minimum absolute atomic E-state index is 0.142. The average Bonchev–Trinajstić information content (AvgIpc) is 2.54. The topological polar surface area (TPSA) is 32.3 Å². The highest BCUT2D eigenvalue weighted by Gasteiger charge is 2.24. The lowest BCUT2D eigenvalue weighted by Crippen LogP contribution is -2.41. The van der Waals surface area contributed by atoms with Gasteiger partial charge in [0.25, 0.3) is 0 Å². The molecule has 0 bridgehead atoms. The van der Waals surface area contributed by atoms with Crippen LogP contribution in [0.4, 0.5) is 0 Å². The van der Waals surface area contributed by atoms with Crippen LogP contribution in [0.3, 0.4) is 0 Å². The van der Waals surface area contributed by atoms with Gasteiger partial charge in [-0.2, -0.15) is 0 Å². The van der Waals surface area contributed by atoms with Crippen molar-refractivity contribution in [3.63, 3.8) is 0 Å². The summed E-state index contributed by atoms with van der Waals surface area (Å²) in [6.07, 6.45) is 7.15. The molecule has 0 saturated carbocycles. The lowest BCUT2D eigenvalue weighted by molar-refractivity contribution is -0.126. The number of nitrogens with zero attached hydrogens (tertiary/aromatic N) is 1. The van der Waals surface area contributed by atoms with E-state index in [0.717, 1.165) is 25.9 Å². The number of carbonyl (C=O) groups excluding carboxylic acids is 1. The maximum absolute atomic E-state index is 12.2. The van der Waals surface area contributed by atoms with E-state index in [1.807, 2.05) is 18.2 Å². The highest BCUT2D eigenvalue weighted by atomic mass is 32.2. The molecule has 1 atom stereocenters. The molecule has 22 heavy (non-hydrogen) atoms. The molecule has 0 radical (unpaired) electrons. The zero-order valence-electron chi connectivity index (χ0n) is 13.1. The molecule has 1 fully saturated rings. The minimum atomic E-state index is 0.142. The fourth-order valence-corrected chi connectivity index (χ4v) is 3.59. The molecule has 1 amide bonds. The van der Waals surface area contributed by atoms with E-state index in [9.17, 15) is 4.79 Å². The Morgan fingerprint density at radius 2 is 2.09 bits per heavy atom.